The Hall–Kier alpha value is -2.33. The maximum absolute atomic E-state index is 14.2. The molecule has 1 amide bonds. The lowest BCUT2D eigenvalue weighted by atomic mass is 9.58. The van der Waals surface area contributed by atoms with Crippen LogP contribution in [0.1, 0.15) is 90.5 Å². The molecule has 8 heteroatoms. The van der Waals surface area contributed by atoms with E-state index in [0.717, 1.165) is 38.0 Å². The summed E-state index contributed by atoms with van der Waals surface area (Å²) in [6, 6.07) is 16.9. The predicted octanol–water partition coefficient (Wildman–Crippen LogP) is 6.27. The normalized spacial score (nSPS) is 28.4. The van der Waals surface area contributed by atoms with Crippen LogP contribution in [0.4, 0.5) is 0 Å². The molecule has 280 valence electrons. The van der Waals surface area contributed by atoms with Gasteiger partial charge in [-0.15, -0.1) is 0 Å². The Morgan fingerprint density at radius 1 is 1.04 bits per heavy atom. The third kappa shape index (κ3) is 9.75. The summed E-state index contributed by atoms with van der Waals surface area (Å²) in [5, 5.41) is 26.4. The molecule has 1 heterocycles. The summed E-state index contributed by atoms with van der Waals surface area (Å²) in [4.78, 5) is 25.4. The first kappa shape index (κ1) is 40.4. The zero-order chi connectivity index (χ0) is 36.9. The van der Waals surface area contributed by atoms with E-state index in [9.17, 15) is 15.0 Å². The second-order valence-electron chi connectivity index (χ2n) is 17.1. The van der Waals surface area contributed by atoms with E-state index < -0.39 is 24.2 Å². The van der Waals surface area contributed by atoms with Gasteiger partial charge in [-0.05, 0) is 92.1 Å². The highest BCUT2D eigenvalue weighted by molar-refractivity contribution is 5.82. The summed E-state index contributed by atoms with van der Waals surface area (Å²) >= 11 is 0. The van der Waals surface area contributed by atoms with Crippen LogP contribution >= 0.6 is 0 Å². The van der Waals surface area contributed by atoms with Gasteiger partial charge in [0.1, 0.15) is 12.1 Å². The van der Waals surface area contributed by atoms with E-state index in [1.54, 1.807) is 12.0 Å². The number of aliphatic hydroxyl groups excluding tert-OH is 2. The highest BCUT2D eigenvalue weighted by atomic mass is 16.7. The van der Waals surface area contributed by atoms with Gasteiger partial charge in [-0.1, -0.05) is 97.0 Å². The van der Waals surface area contributed by atoms with Crippen molar-refractivity contribution in [3.8, 4) is 0 Å². The van der Waals surface area contributed by atoms with Gasteiger partial charge in [0.05, 0.1) is 19.3 Å². The van der Waals surface area contributed by atoms with Crippen LogP contribution in [0, 0.1) is 41.9 Å². The van der Waals surface area contributed by atoms with Crippen molar-refractivity contribution in [3.05, 3.63) is 70.8 Å². The van der Waals surface area contributed by atoms with Crippen LogP contribution < -0.4 is 5.32 Å². The molecule has 3 N–H and O–H groups in total. The number of amides is 1. The largest absolute Gasteiger partial charge is 0.394 e. The first-order valence-corrected chi connectivity index (χ1v) is 19.1. The topological polar surface area (TPSA) is 88.5 Å². The average Bonchev–Trinajstić information content (AvgIpc) is 3.41. The number of likely N-dealkylation sites (N-methyl/N-ethyl adjacent to an activating group) is 1. The molecule has 9 atom stereocenters. The van der Waals surface area contributed by atoms with Crippen molar-refractivity contribution in [3.63, 3.8) is 0 Å². The number of aryl methyl sites for hydroxylation is 1. The Balaban J connectivity index is 1.59. The Morgan fingerprint density at radius 2 is 1.72 bits per heavy atom. The molecule has 0 spiro atoms. The van der Waals surface area contributed by atoms with E-state index in [0.29, 0.717) is 36.3 Å². The summed E-state index contributed by atoms with van der Waals surface area (Å²) in [5.74, 6) is 1.09. The minimum absolute atomic E-state index is 0.0358. The Kier molecular flexibility index (Phi) is 14.1. The number of nitrogens with zero attached hydrogens (tertiary/aromatic N) is 3. The fourth-order valence-corrected chi connectivity index (χ4v) is 8.57. The molecule has 50 heavy (non-hydrogen) atoms. The number of hydroxylamine groups is 2. The van der Waals surface area contributed by atoms with Gasteiger partial charge >= 0.3 is 0 Å². The summed E-state index contributed by atoms with van der Waals surface area (Å²) < 4.78 is 0. The highest BCUT2D eigenvalue weighted by Gasteiger charge is 2.51. The number of benzene rings is 2. The van der Waals surface area contributed by atoms with Crippen molar-refractivity contribution in [1.82, 2.24) is 20.2 Å². The van der Waals surface area contributed by atoms with E-state index in [2.05, 4.69) is 133 Å². The molecule has 1 saturated carbocycles. The Labute approximate surface area is 303 Å². The Morgan fingerprint density at radius 3 is 2.34 bits per heavy atom. The fraction of sp³-hybridized carbons (Fsp3) is 0.690. The molecular formula is C42H68N4O4. The summed E-state index contributed by atoms with van der Waals surface area (Å²) in [7, 11) is 4.30. The van der Waals surface area contributed by atoms with E-state index in [1.807, 2.05) is 0 Å². The molecule has 2 fully saturated rings. The molecule has 0 radical (unpaired) electrons. The molecule has 2 aromatic carbocycles. The minimum Gasteiger partial charge on any atom is -0.394 e. The molecule has 1 aliphatic heterocycles. The summed E-state index contributed by atoms with van der Waals surface area (Å²) in [6.45, 7) is 22.7. The third-order valence-electron chi connectivity index (χ3n) is 12.4. The van der Waals surface area contributed by atoms with Crippen molar-refractivity contribution in [1.29, 1.82) is 0 Å². The van der Waals surface area contributed by atoms with Crippen LogP contribution in [0.15, 0.2) is 48.5 Å². The van der Waals surface area contributed by atoms with E-state index in [-0.39, 0.29) is 24.0 Å². The van der Waals surface area contributed by atoms with E-state index in [4.69, 9.17) is 4.84 Å². The smallest absolute Gasteiger partial charge is 0.240 e. The van der Waals surface area contributed by atoms with Crippen molar-refractivity contribution >= 4 is 5.91 Å². The van der Waals surface area contributed by atoms with Crippen LogP contribution in [0.5, 0.6) is 0 Å². The second kappa shape index (κ2) is 17.5. The quantitative estimate of drug-likeness (QED) is 0.203. The molecule has 8 nitrogen and oxygen atoms in total. The lowest BCUT2D eigenvalue weighted by Gasteiger charge is -2.50. The zero-order valence-corrected chi connectivity index (χ0v) is 32.9. The number of carbonyl (C=O) groups is 1. The molecule has 1 aliphatic carbocycles. The average molecular weight is 693 g/mol. The van der Waals surface area contributed by atoms with Crippen LogP contribution in [0.2, 0.25) is 0 Å². The lowest BCUT2D eigenvalue weighted by molar-refractivity contribution is -0.182. The van der Waals surface area contributed by atoms with Crippen LogP contribution in [0.25, 0.3) is 0 Å². The molecule has 0 bridgehead atoms. The number of rotatable bonds is 15. The molecule has 1 saturated heterocycles. The second-order valence-corrected chi connectivity index (χ2v) is 17.1. The van der Waals surface area contributed by atoms with Gasteiger partial charge in [-0.2, -0.15) is 5.06 Å². The standard InChI is InChI=1S/C42H68N4O4/c1-27(2)19-36(25-44(10)11)45(24-35-18-13-12-15-28(35)3)22-33-16-14-17-34(21-33)23-46-40(39(32(7)48)38(26-47)50-46)41(49)43-37-20-29(4)42(8,9)31(6)30(37)5/h12-18,21,27,29-32,36-40,47-48H,19-20,22-26H2,1-11H3,(H,43,49)/t29-,30+,31+,32+,36+,37+,38+,39-,40+/m1/s1. The van der Waals surface area contributed by atoms with Gasteiger partial charge in [0.15, 0.2) is 0 Å². The predicted molar refractivity (Wildman–Crippen MR) is 203 cm³/mol. The zero-order valence-electron chi connectivity index (χ0n) is 32.9. The highest BCUT2D eigenvalue weighted by Crippen LogP contribution is 2.47. The minimum atomic E-state index is -0.829. The van der Waals surface area contributed by atoms with Crippen LogP contribution in [-0.4, -0.2) is 88.6 Å². The van der Waals surface area contributed by atoms with E-state index in [1.165, 1.54) is 16.7 Å². The van der Waals surface area contributed by atoms with Crippen molar-refractivity contribution in [2.45, 2.75) is 125 Å². The number of aliphatic hydroxyl groups is 2. The molecule has 2 aromatic rings. The SMILES string of the molecule is Cc1ccccc1CN(Cc1cccc(CN2O[C@@H](CO)[C@@H]([C@H](C)O)[C@H]2C(=O)N[C@H]2C[C@@H](C)C(C)(C)[C@@H](C)[C@@H]2C)c1)[C@@H](CC(C)C)CN(C)C. The lowest BCUT2D eigenvalue weighted by Crippen LogP contribution is -2.56. The van der Waals surface area contributed by atoms with Gasteiger partial charge in [0.25, 0.3) is 0 Å². The van der Waals surface area contributed by atoms with Gasteiger partial charge < -0.3 is 20.4 Å². The van der Waals surface area contributed by atoms with Gasteiger partial charge in [-0.3, -0.25) is 14.5 Å². The first-order valence-electron chi connectivity index (χ1n) is 19.1. The fourth-order valence-electron chi connectivity index (χ4n) is 8.57. The molecule has 2 aliphatic rings. The molecule has 0 unspecified atom stereocenters. The van der Waals surface area contributed by atoms with Crippen molar-refractivity contribution in [2.24, 2.45) is 35.0 Å². The first-order chi connectivity index (χ1) is 23.5. The number of hydrogen-bond donors (Lipinski definition) is 3. The summed E-state index contributed by atoms with van der Waals surface area (Å²) in [6.07, 6.45) is 0.513. The van der Waals surface area contributed by atoms with Crippen LogP contribution in [-0.2, 0) is 29.3 Å². The number of nitrogens with one attached hydrogen (secondary N) is 1. The molecule has 0 aromatic heterocycles. The third-order valence-corrected chi connectivity index (χ3v) is 12.4. The maximum atomic E-state index is 14.2. The Bertz CT molecular complexity index is 1370. The van der Waals surface area contributed by atoms with Crippen LogP contribution in [0.3, 0.4) is 0 Å². The van der Waals surface area contributed by atoms with Gasteiger partial charge in [-0.25, -0.2) is 0 Å². The molecular weight excluding hydrogens is 624 g/mol. The van der Waals surface area contributed by atoms with Gasteiger partial charge in [0, 0.05) is 37.6 Å². The van der Waals surface area contributed by atoms with Gasteiger partial charge in [0.2, 0.25) is 5.91 Å². The summed E-state index contributed by atoms with van der Waals surface area (Å²) in [5.41, 5.74) is 5.07. The van der Waals surface area contributed by atoms with Crippen molar-refractivity contribution < 1.29 is 19.8 Å². The number of carbonyl (C=O) groups excluding carboxylic acids is 1. The number of hydrogen-bond acceptors (Lipinski definition) is 7. The monoisotopic (exact) mass is 693 g/mol. The maximum Gasteiger partial charge on any atom is 0.240 e. The van der Waals surface area contributed by atoms with Crippen molar-refractivity contribution in [2.75, 3.05) is 27.2 Å². The molecule has 4 rings (SSSR count). The van der Waals surface area contributed by atoms with E-state index >= 15 is 0 Å².